The fraction of sp³-hybridized carbons (Fsp3) is 0.316. The number of hydrogen-bond acceptors (Lipinski definition) is 4. The van der Waals surface area contributed by atoms with Crippen LogP contribution in [-0.4, -0.2) is 38.1 Å². The molecule has 5 nitrogen and oxygen atoms in total. The molecule has 5 heteroatoms. The maximum Gasteiger partial charge on any atom is 0.224 e. The van der Waals surface area contributed by atoms with Gasteiger partial charge in [-0.15, -0.1) is 0 Å². The quantitative estimate of drug-likeness (QED) is 0.809. The number of nitrogens with two attached hydrogens (primary N) is 1. The van der Waals surface area contributed by atoms with Gasteiger partial charge in [-0.1, -0.05) is 30.3 Å². The summed E-state index contributed by atoms with van der Waals surface area (Å²) in [5.41, 5.74) is 7.06. The average Bonchev–Trinajstić information content (AvgIpc) is 2.62. The Bertz CT molecular complexity index is 629. The highest BCUT2D eigenvalue weighted by molar-refractivity contribution is 5.76. The third kappa shape index (κ3) is 5.28. The standard InChI is InChI=1S/C19H24N2O3/c1-21(12-13-24-17-10-8-16(23-2)9-11-17)19(22)14-18(20)15-6-4-3-5-7-15/h3-11,18H,12-14,20H2,1-2H3. The van der Waals surface area contributed by atoms with Crippen LogP contribution in [0, 0.1) is 0 Å². The van der Waals surface area contributed by atoms with Crippen LogP contribution in [0.15, 0.2) is 54.6 Å². The van der Waals surface area contributed by atoms with Crippen LogP contribution in [-0.2, 0) is 4.79 Å². The first-order valence-electron chi connectivity index (χ1n) is 7.91. The Balaban J connectivity index is 1.75. The lowest BCUT2D eigenvalue weighted by Gasteiger charge is -2.20. The number of amides is 1. The minimum Gasteiger partial charge on any atom is -0.497 e. The fourth-order valence-corrected chi connectivity index (χ4v) is 2.26. The van der Waals surface area contributed by atoms with E-state index in [4.69, 9.17) is 15.2 Å². The highest BCUT2D eigenvalue weighted by Gasteiger charge is 2.15. The van der Waals surface area contributed by atoms with Crippen molar-refractivity contribution in [2.24, 2.45) is 5.73 Å². The zero-order valence-electron chi connectivity index (χ0n) is 14.1. The molecule has 1 amide bonds. The molecule has 0 spiro atoms. The number of nitrogens with zero attached hydrogens (tertiary/aromatic N) is 1. The summed E-state index contributed by atoms with van der Waals surface area (Å²) in [4.78, 5) is 13.9. The highest BCUT2D eigenvalue weighted by atomic mass is 16.5. The van der Waals surface area contributed by atoms with Crippen LogP contribution >= 0.6 is 0 Å². The van der Waals surface area contributed by atoms with Gasteiger partial charge in [0.15, 0.2) is 0 Å². The molecule has 0 aromatic heterocycles. The molecule has 2 N–H and O–H groups in total. The molecule has 1 atom stereocenters. The maximum absolute atomic E-state index is 12.2. The topological polar surface area (TPSA) is 64.8 Å². The van der Waals surface area contributed by atoms with Crippen LogP contribution in [0.1, 0.15) is 18.0 Å². The second-order valence-electron chi connectivity index (χ2n) is 5.56. The highest BCUT2D eigenvalue weighted by Crippen LogP contribution is 2.17. The monoisotopic (exact) mass is 328 g/mol. The van der Waals surface area contributed by atoms with Gasteiger partial charge in [-0.25, -0.2) is 0 Å². The Labute approximate surface area is 143 Å². The Morgan fingerprint density at radius 3 is 2.33 bits per heavy atom. The third-order valence-corrected chi connectivity index (χ3v) is 3.80. The number of carbonyl (C=O) groups excluding carboxylic acids is 1. The molecule has 0 heterocycles. The van der Waals surface area contributed by atoms with Crippen LogP contribution in [0.2, 0.25) is 0 Å². The zero-order chi connectivity index (χ0) is 17.4. The summed E-state index contributed by atoms with van der Waals surface area (Å²) in [6, 6.07) is 16.7. The molecular weight excluding hydrogens is 304 g/mol. The number of benzene rings is 2. The number of likely N-dealkylation sites (N-methyl/N-ethyl adjacent to an activating group) is 1. The van der Waals surface area contributed by atoms with Gasteiger partial charge in [0.25, 0.3) is 0 Å². The molecule has 0 aliphatic carbocycles. The van der Waals surface area contributed by atoms with Crippen molar-refractivity contribution in [2.75, 3.05) is 27.3 Å². The van der Waals surface area contributed by atoms with Crippen LogP contribution < -0.4 is 15.2 Å². The number of hydrogen-bond donors (Lipinski definition) is 1. The number of rotatable bonds is 8. The summed E-state index contributed by atoms with van der Waals surface area (Å²) in [5, 5.41) is 0. The summed E-state index contributed by atoms with van der Waals surface area (Å²) in [5.74, 6) is 1.53. The lowest BCUT2D eigenvalue weighted by atomic mass is 10.0. The fourth-order valence-electron chi connectivity index (χ4n) is 2.26. The van der Waals surface area contributed by atoms with Crippen molar-refractivity contribution < 1.29 is 14.3 Å². The molecule has 0 fully saturated rings. The molecule has 0 saturated heterocycles. The average molecular weight is 328 g/mol. The molecule has 128 valence electrons. The van der Waals surface area contributed by atoms with Gasteiger partial charge in [0.05, 0.1) is 13.7 Å². The van der Waals surface area contributed by atoms with Crippen molar-refractivity contribution in [3.63, 3.8) is 0 Å². The molecule has 0 radical (unpaired) electrons. The molecule has 2 aromatic rings. The van der Waals surface area contributed by atoms with E-state index in [1.807, 2.05) is 54.6 Å². The van der Waals surface area contributed by atoms with Crippen LogP contribution in [0.3, 0.4) is 0 Å². The van der Waals surface area contributed by atoms with Crippen molar-refractivity contribution in [1.82, 2.24) is 4.90 Å². The predicted octanol–water partition coefficient (Wildman–Crippen LogP) is 2.62. The molecule has 2 aromatic carbocycles. The van der Waals surface area contributed by atoms with E-state index >= 15 is 0 Å². The van der Waals surface area contributed by atoms with Gasteiger partial charge in [0.2, 0.25) is 5.91 Å². The van der Waals surface area contributed by atoms with E-state index in [9.17, 15) is 4.79 Å². The molecule has 24 heavy (non-hydrogen) atoms. The van der Waals surface area contributed by atoms with Gasteiger partial charge < -0.3 is 20.1 Å². The largest absolute Gasteiger partial charge is 0.497 e. The summed E-state index contributed by atoms with van der Waals surface area (Å²) in [6.07, 6.45) is 0.281. The van der Waals surface area contributed by atoms with E-state index in [2.05, 4.69) is 0 Å². The van der Waals surface area contributed by atoms with Gasteiger partial charge in [0, 0.05) is 19.5 Å². The summed E-state index contributed by atoms with van der Waals surface area (Å²) in [6.45, 7) is 0.932. The van der Waals surface area contributed by atoms with E-state index in [1.165, 1.54) is 0 Å². The number of methoxy groups -OCH3 is 1. The maximum atomic E-state index is 12.2. The molecule has 0 aliphatic rings. The zero-order valence-corrected chi connectivity index (χ0v) is 14.1. The first-order chi connectivity index (χ1) is 11.6. The van der Waals surface area contributed by atoms with Crippen molar-refractivity contribution in [1.29, 1.82) is 0 Å². The van der Waals surface area contributed by atoms with E-state index < -0.39 is 0 Å². The molecular formula is C19H24N2O3. The van der Waals surface area contributed by atoms with Gasteiger partial charge in [-0.2, -0.15) is 0 Å². The minimum atomic E-state index is -0.288. The normalized spacial score (nSPS) is 11.6. The van der Waals surface area contributed by atoms with Crippen molar-refractivity contribution >= 4 is 5.91 Å². The van der Waals surface area contributed by atoms with E-state index in [1.54, 1.807) is 19.1 Å². The Hall–Kier alpha value is -2.53. The van der Waals surface area contributed by atoms with E-state index in [-0.39, 0.29) is 18.4 Å². The first kappa shape index (κ1) is 17.8. The molecule has 0 aliphatic heterocycles. The smallest absolute Gasteiger partial charge is 0.224 e. The second-order valence-corrected chi connectivity index (χ2v) is 5.56. The van der Waals surface area contributed by atoms with Crippen LogP contribution in [0.5, 0.6) is 11.5 Å². The molecule has 0 bridgehead atoms. The van der Waals surface area contributed by atoms with Crippen molar-refractivity contribution in [2.45, 2.75) is 12.5 Å². The summed E-state index contributed by atoms with van der Waals surface area (Å²) < 4.78 is 10.7. The summed E-state index contributed by atoms with van der Waals surface area (Å²) in [7, 11) is 3.38. The Kier molecular flexibility index (Phi) is 6.63. The number of ether oxygens (including phenoxy) is 2. The summed E-state index contributed by atoms with van der Waals surface area (Å²) >= 11 is 0. The Morgan fingerprint density at radius 2 is 1.71 bits per heavy atom. The van der Waals surface area contributed by atoms with Crippen LogP contribution in [0.4, 0.5) is 0 Å². The minimum absolute atomic E-state index is 0.00434. The molecule has 1 unspecified atom stereocenters. The van der Waals surface area contributed by atoms with Gasteiger partial charge in [-0.05, 0) is 29.8 Å². The van der Waals surface area contributed by atoms with Crippen LogP contribution in [0.25, 0.3) is 0 Å². The van der Waals surface area contributed by atoms with Crippen molar-refractivity contribution in [3.05, 3.63) is 60.2 Å². The van der Waals surface area contributed by atoms with E-state index in [0.29, 0.717) is 13.2 Å². The second kappa shape index (κ2) is 8.93. The predicted molar refractivity (Wildman–Crippen MR) is 94.1 cm³/mol. The lowest BCUT2D eigenvalue weighted by molar-refractivity contribution is -0.130. The lowest BCUT2D eigenvalue weighted by Crippen LogP contribution is -2.33. The third-order valence-electron chi connectivity index (χ3n) is 3.80. The van der Waals surface area contributed by atoms with Crippen molar-refractivity contribution in [3.8, 4) is 11.5 Å². The molecule has 0 saturated carbocycles. The molecule has 2 rings (SSSR count). The first-order valence-corrected chi connectivity index (χ1v) is 7.91. The van der Waals surface area contributed by atoms with E-state index in [0.717, 1.165) is 17.1 Å². The Morgan fingerprint density at radius 1 is 1.08 bits per heavy atom. The SMILES string of the molecule is COc1ccc(OCCN(C)C(=O)CC(N)c2ccccc2)cc1. The van der Waals surface area contributed by atoms with Gasteiger partial charge in [0.1, 0.15) is 18.1 Å². The van der Waals surface area contributed by atoms with Gasteiger partial charge >= 0.3 is 0 Å². The van der Waals surface area contributed by atoms with Gasteiger partial charge in [-0.3, -0.25) is 4.79 Å². The number of carbonyl (C=O) groups is 1.